The molecular weight excluding hydrogens is 200 g/mol. The Hall–Kier alpha value is -0.590. The second-order valence-electron chi connectivity index (χ2n) is 5.82. The normalized spacial score (nSPS) is 19.6. The maximum Gasteiger partial charge on any atom is 0.0621 e. The zero-order valence-electron chi connectivity index (χ0n) is 10.6. The van der Waals surface area contributed by atoms with Crippen molar-refractivity contribution in [1.82, 2.24) is 5.32 Å². The first-order chi connectivity index (χ1) is 7.54. The van der Waals surface area contributed by atoms with E-state index in [0.29, 0.717) is 6.42 Å². The standard InChI is InChI=1S/C13H24N2O/c1-12(2,6-5-9-14)10-15-13(11-16)7-3-4-8-13/h15-16H,3-8,10-11H2,1-2H3. The lowest BCUT2D eigenvalue weighted by atomic mass is 9.86. The highest BCUT2D eigenvalue weighted by Crippen LogP contribution is 2.31. The summed E-state index contributed by atoms with van der Waals surface area (Å²) < 4.78 is 0. The molecular formula is C13H24N2O. The molecule has 0 spiro atoms. The van der Waals surface area contributed by atoms with Gasteiger partial charge in [-0.1, -0.05) is 26.7 Å². The van der Waals surface area contributed by atoms with Gasteiger partial charge in [0.2, 0.25) is 0 Å². The highest BCUT2D eigenvalue weighted by molar-refractivity contribution is 4.93. The van der Waals surface area contributed by atoms with Gasteiger partial charge < -0.3 is 10.4 Å². The quantitative estimate of drug-likeness (QED) is 0.727. The molecule has 0 aromatic carbocycles. The molecule has 0 unspecified atom stereocenters. The van der Waals surface area contributed by atoms with Gasteiger partial charge in [-0.15, -0.1) is 0 Å². The summed E-state index contributed by atoms with van der Waals surface area (Å²) in [5.41, 5.74) is 0.102. The van der Waals surface area contributed by atoms with Crippen LogP contribution in [0.25, 0.3) is 0 Å². The van der Waals surface area contributed by atoms with Crippen LogP contribution in [0.5, 0.6) is 0 Å². The van der Waals surface area contributed by atoms with Crippen molar-refractivity contribution in [2.75, 3.05) is 13.2 Å². The van der Waals surface area contributed by atoms with Crippen LogP contribution in [0.15, 0.2) is 0 Å². The third-order valence-corrected chi connectivity index (χ3v) is 3.72. The number of nitrogens with zero attached hydrogens (tertiary/aromatic N) is 1. The molecule has 92 valence electrons. The van der Waals surface area contributed by atoms with Crippen LogP contribution in [0.2, 0.25) is 0 Å². The molecule has 0 aromatic rings. The lowest BCUT2D eigenvalue weighted by Crippen LogP contribution is -2.49. The third-order valence-electron chi connectivity index (χ3n) is 3.72. The molecule has 1 fully saturated rings. The Labute approximate surface area is 98.8 Å². The first-order valence-corrected chi connectivity index (χ1v) is 6.26. The summed E-state index contributed by atoms with van der Waals surface area (Å²) in [5, 5.41) is 21.6. The van der Waals surface area contributed by atoms with Gasteiger partial charge in [0, 0.05) is 18.5 Å². The van der Waals surface area contributed by atoms with Crippen LogP contribution in [0.4, 0.5) is 0 Å². The van der Waals surface area contributed by atoms with Crippen LogP contribution in [0.3, 0.4) is 0 Å². The molecule has 2 N–H and O–H groups in total. The largest absolute Gasteiger partial charge is 0.394 e. The van der Waals surface area contributed by atoms with Gasteiger partial charge in [0.15, 0.2) is 0 Å². The van der Waals surface area contributed by atoms with Crippen molar-refractivity contribution in [2.45, 2.75) is 57.9 Å². The zero-order chi connectivity index (χ0) is 12.1. The minimum absolute atomic E-state index is 0.0378. The van der Waals surface area contributed by atoms with Crippen LogP contribution >= 0.6 is 0 Å². The molecule has 0 amide bonds. The zero-order valence-corrected chi connectivity index (χ0v) is 10.6. The smallest absolute Gasteiger partial charge is 0.0621 e. The predicted molar refractivity (Wildman–Crippen MR) is 64.9 cm³/mol. The van der Waals surface area contributed by atoms with Gasteiger partial charge in [0.05, 0.1) is 12.7 Å². The van der Waals surface area contributed by atoms with Crippen LogP contribution in [-0.2, 0) is 0 Å². The van der Waals surface area contributed by atoms with E-state index in [4.69, 9.17) is 5.26 Å². The van der Waals surface area contributed by atoms with Crippen LogP contribution in [-0.4, -0.2) is 23.8 Å². The number of nitrogens with one attached hydrogen (secondary N) is 1. The van der Waals surface area contributed by atoms with E-state index in [1.54, 1.807) is 0 Å². The molecule has 0 bridgehead atoms. The molecule has 0 aromatic heterocycles. The summed E-state index contributed by atoms with van der Waals surface area (Å²) in [6.45, 7) is 5.48. The Morgan fingerprint density at radius 2 is 2.00 bits per heavy atom. The molecule has 3 heteroatoms. The van der Waals surface area contributed by atoms with Gasteiger partial charge >= 0.3 is 0 Å². The fourth-order valence-corrected chi connectivity index (χ4v) is 2.35. The topological polar surface area (TPSA) is 56.0 Å². The van der Waals surface area contributed by atoms with Crippen molar-refractivity contribution in [3.63, 3.8) is 0 Å². The lowest BCUT2D eigenvalue weighted by Gasteiger charge is -2.33. The van der Waals surface area contributed by atoms with E-state index in [0.717, 1.165) is 25.8 Å². The highest BCUT2D eigenvalue weighted by Gasteiger charge is 2.34. The molecule has 1 aliphatic rings. The molecule has 0 saturated heterocycles. The first kappa shape index (κ1) is 13.5. The van der Waals surface area contributed by atoms with Gasteiger partial charge in [-0.3, -0.25) is 0 Å². The number of aliphatic hydroxyl groups excluding tert-OH is 1. The third kappa shape index (κ3) is 3.77. The molecule has 1 saturated carbocycles. The number of hydrogen-bond acceptors (Lipinski definition) is 3. The maximum absolute atomic E-state index is 9.47. The van der Waals surface area contributed by atoms with E-state index >= 15 is 0 Å². The molecule has 0 atom stereocenters. The number of rotatable bonds is 6. The average molecular weight is 224 g/mol. The molecule has 0 heterocycles. The monoisotopic (exact) mass is 224 g/mol. The SMILES string of the molecule is CC(C)(CCC#N)CNC1(CO)CCCC1. The van der Waals surface area contributed by atoms with Gasteiger partial charge in [0.25, 0.3) is 0 Å². The Bertz CT molecular complexity index is 249. The summed E-state index contributed by atoms with van der Waals surface area (Å²) in [4.78, 5) is 0. The summed E-state index contributed by atoms with van der Waals surface area (Å²) >= 11 is 0. The Kier molecular flexibility index (Phi) is 4.76. The van der Waals surface area contributed by atoms with Gasteiger partial charge in [-0.05, 0) is 24.7 Å². The number of aliphatic hydroxyl groups is 1. The minimum atomic E-state index is -0.0378. The highest BCUT2D eigenvalue weighted by atomic mass is 16.3. The Morgan fingerprint density at radius 3 is 2.50 bits per heavy atom. The average Bonchev–Trinajstić information content (AvgIpc) is 2.74. The van der Waals surface area contributed by atoms with Crippen molar-refractivity contribution >= 4 is 0 Å². The molecule has 3 nitrogen and oxygen atoms in total. The van der Waals surface area contributed by atoms with Crippen molar-refractivity contribution in [1.29, 1.82) is 5.26 Å². The summed E-state index contributed by atoms with van der Waals surface area (Å²) in [6.07, 6.45) is 6.12. The van der Waals surface area contributed by atoms with Gasteiger partial charge in [0.1, 0.15) is 0 Å². The van der Waals surface area contributed by atoms with Crippen LogP contribution in [0.1, 0.15) is 52.4 Å². The number of hydrogen-bond donors (Lipinski definition) is 2. The molecule has 1 aliphatic carbocycles. The van der Waals surface area contributed by atoms with Crippen molar-refractivity contribution in [3.05, 3.63) is 0 Å². The van der Waals surface area contributed by atoms with Crippen molar-refractivity contribution < 1.29 is 5.11 Å². The van der Waals surface area contributed by atoms with Gasteiger partial charge in [-0.25, -0.2) is 0 Å². The molecule has 0 aliphatic heterocycles. The fraction of sp³-hybridized carbons (Fsp3) is 0.923. The lowest BCUT2D eigenvalue weighted by molar-refractivity contribution is 0.146. The fourth-order valence-electron chi connectivity index (χ4n) is 2.35. The predicted octanol–water partition coefficient (Wildman–Crippen LogP) is 2.21. The summed E-state index contributed by atoms with van der Waals surface area (Å²) in [5.74, 6) is 0. The van der Waals surface area contributed by atoms with Crippen LogP contribution < -0.4 is 5.32 Å². The van der Waals surface area contributed by atoms with Crippen molar-refractivity contribution in [3.8, 4) is 6.07 Å². The van der Waals surface area contributed by atoms with Crippen LogP contribution in [0, 0.1) is 16.7 Å². The summed E-state index contributed by atoms with van der Waals surface area (Å²) in [6, 6.07) is 2.20. The molecule has 16 heavy (non-hydrogen) atoms. The summed E-state index contributed by atoms with van der Waals surface area (Å²) in [7, 11) is 0. The number of nitriles is 1. The van der Waals surface area contributed by atoms with E-state index in [9.17, 15) is 5.11 Å². The maximum atomic E-state index is 9.47. The van der Waals surface area contributed by atoms with E-state index < -0.39 is 0 Å². The Balaban J connectivity index is 2.40. The second-order valence-corrected chi connectivity index (χ2v) is 5.82. The van der Waals surface area contributed by atoms with Crippen molar-refractivity contribution in [2.24, 2.45) is 5.41 Å². The molecule has 1 rings (SSSR count). The molecule has 0 radical (unpaired) electrons. The van der Waals surface area contributed by atoms with E-state index in [1.807, 2.05) is 0 Å². The second kappa shape index (κ2) is 5.65. The van der Waals surface area contributed by atoms with E-state index in [2.05, 4.69) is 25.2 Å². The Morgan fingerprint density at radius 1 is 1.38 bits per heavy atom. The van der Waals surface area contributed by atoms with E-state index in [-0.39, 0.29) is 17.6 Å². The first-order valence-electron chi connectivity index (χ1n) is 6.26. The van der Waals surface area contributed by atoms with E-state index in [1.165, 1.54) is 12.8 Å². The van der Waals surface area contributed by atoms with Gasteiger partial charge in [-0.2, -0.15) is 5.26 Å². The minimum Gasteiger partial charge on any atom is -0.394 e.